The summed E-state index contributed by atoms with van der Waals surface area (Å²) < 4.78 is 24.1. The Kier molecular flexibility index (Phi) is 6.15. The molecule has 0 aromatic rings. The molecule has 1 aliphatic rings. The summed E-state index contributed by atoms with van der Waals surface area (Å²) in [5.74, 6) is -1.49. The summed E-state index contributed by atoms with van der Waals surface area (Å²) in [6.07, 6.45) is 2.37. The van der Waals surface area contributed by atoms with Crippen molar-refractivity contribution in [3.8, 4) is 0 Å². The Morgan fingerprint density at radius 1 is 1.29 bits per heavy atom. The molecule has 122 valence electrons. The van der Waals surface area contributed by atoms with Crippen LogP contribution >= 0.6 is 0 Å². The van der Waals surface area contributed by atoms with Crippen molar-refractivity contribution in [1.82, 2.24) is 9.62 Å². The average Bonchev–Trinajstić information content (AvgIpc) is 2.36. The van der Waals surface area contributed by atoms with E-state index in [1.807, 2.05) is 13.8 Å². The Labute approximate surface area is 125 Å². The molecule has 1 saturated heterocycles. The van der Waals surface area contributed by atoms with E-state index in [4.69, 9.17) is 5.11 Å². The van der Waals surface area contributed by atoms with Crippen molar-refractivity contribution < 1.29 is 23.1 Å². The first kappa shape index (κ1) is 17.9. The lowest BCUT2D eigenvalue weighted by atomic mass is 9.96. The number of piperidine rings is 1. The number of carboxylic acid groups (broad SMARTS) is 1. The van der Waals surface area contributed by atoms with Gasteiger partial charge in [0.25, 0.3) is 0 Å². The Hall–Kier alpha value is -1.15. The molecule has 0 radical (unpaired) electrons. The van der Waals surface area contributed by atoms with Crippen molar-refractivity contribution in [2.45, 2.75) is 39.2 Å². The highest BCUT2D eigenvalue weighted by Gasteiger charge is 2.31. The molecule has 1 amide bonds. The summed E-state index contributed by atoms with van der Waals surface area (Å²) in [7, 11) is -3.22. The molecule has 1 aliphatic heterocycles. The van der Waals surface area contributed by atoms with Crippen LogP contribution in [0, 0.1) is 11.8 Å². The minimum absolute atomic E-state index is 0.165. The molecule has 21 heavy (non-hydrogen) atoms. The van der Waals surface area contributed by atoms with Gasteiger partial charge in [0.15, 0.2) is 0 Å². The molecule has 2 N–H and O–H groups in total. The highest BCUT2D eigenvalue weighted by Crippen LogP contribution is 2.19. The highest BCUT2D eigenvalue weighted by atomic mass is 32.2. The van der Waals surface area contributed by atoms with Crippen LogP contribution in [0.5, 0.6) is 0 Å². The first-order valence-electron chi connectivity index (χ1n) is 7.09. The topological polar surface area (TPSA) is 104 Å². The number of sulfonamides is 1. The Morgan fingerprint density at radius 3 is 2.19 bits per heavy atom. The Morgan fingerprint density at radius 2 is 1.81 bits per heavy atom. The largest absolute Gasteiger partial charge is 0.480 e. The van der Waals surface area contributed by atoms with Gasteiger partial charge in [-0.05, 0) is 25.2 Å². The molecule has 0 aromatic carbocycles. The third-order valence-electron chi connectivity index (χ3n) is 3.62. The molecule has 1 heterocycles. The fraction of sp³-hybridized carbons (Fsp3) is 0.846. The van der Waals surface area contributed by atoms with Crippen molar-refractivity contribution in [2.75, 3.05) is 19.3 Å². The minimum atomic E-state index is -3.22. The van der Waals surface area contributed by atoms with Crippen LogP contribution in [0.15, 0.2) is 0 Å². The number of nitrogens with zero attached hydrogens (tertiary/aromatic N) is 1. The molecule has 7 nitrogen and oxygen atoms in total. The number of nitrogens with one attached hydrogen (secondary N) is 1. The van der Waals surface area contributed by atoms with Crippen LogP contribution in [0.3, 0.4) is 0 Å². The predicted molar refractivity (Wildman–Crippen MR) is 78.2 cm³/mol. The van der Waals surface area contributed by atoms with E-state index >= 15 is 0 Å². The van der Waals surface area contributed by atoms with Gasteiger partial charge in [0.2, 0.25) is 15.9 Å². The van der Waals surface area contributed by atoms with E-state index in [2.05, 4.69) is 5.32 Å². The van der Waals surface area contributed by atoms with Gasteiger partial charge in [-0.25, -0.2) is 17.5 Å². The second-order valence-corrected chi connectivity index (χ2v) is 7.95. The zero-order chi connectivity index (χ0) is 16.2. The third kappa shape index (κ3) is 5.62. The first-order chi connectivity index (χ1) is 9.61. The summed E-state index contributed by atoms with van der Waals surface area (Å²) in [5.41, 5.74) is 0. The maximum absolute atomic E-state index is 12.1. The summed E-state index contributed by atoms with van der Waals surface area (Å²) >= 11 is 0. The number of hydrogen-bond acceptors (Lipinski definition) is 4. The molecular formula is C13H24N2O5S. The third-order valence-corrected chi connectivity index (χ3v) is 4.92. The van der Waals surface area contributed by atoms with Gasteiger partial charge in [-0.2, -0.15) is 0 Å². The lowest BCUT2D eigenvalue weighted by molar-refractivity contribution is -0.143. The van der Waals surface area contributed by atoms with E-state index in [1.165, 1.54) is 4.31 Å². The zero-order valence-corrected chi connectivity index (χ0v) is 13.5. The van der Waals surface area contributed by atoms with E-state index in [9.17, 15) is 18.0 Å². The predicted octanol–water partition coefficient (Wildman–Crippen LogP) is 0.274. The number of hydrogen-bond donors (Lipinski definition) is 2. The van der Waals surface area contributed by atoms with Gasteiger partial charge in [0, 0.05) is 19.0 Å². The van der Waals surface area contributed by atoms with Crippen LogP contribution < -0.4 is 5.32 Å². The van der Waals surface area contributed by atoms with E-state index in [0.717, 1.165) is 6.26 Å². The number of rotatable bonds is 6. The quantitative estimate of drug-likeness (QED) is 0.731. The number of carbonyl (C=O) groups is 2. The second-order valence-electron chi connectivity index (χ2n) is 5.97. The van der Waals surface area contributed by atoms with Gasteiger partial charge >= 0.3 is 5.97 Å². The second kappa shape index (κ2) is 7.22. The zero-order valence-electron chi connectivity index (χ0n) is 12.7. The summed E-state index contributed by atoms with van der Waals surface area (Å²) in [6, 6.07) is -0.884. The maximum atomic E-state index is 12.1. The summed E-state index contributed by atoms with van der Waals surface area (Å²) in [5, 5.41) is 11.7. The molecule has 0 saturated carbocycles. The summed E-state index contributed by atoms with van der Waals surface area (Å²) in [6.45, 7) is 4.40. The van der Waals surface area contributed by atoms with Gasteiger partial charge in [0.05, 0.1) is 6.26 Å². The molecule has 1 atom stereocenters. The molecular weight excluding hydrogens is 296 g/mol. The lowest BCUT2D eigenvalue weighted by Gasteiger charge is -2.30. The van der Waals surface area contributed by atoms with Crippen LogP contribution in [0.2, 0.25) is 0 Å². The van der Waals surface area contributed by atoms with Crippen molar-refractivity contribution in [2.24, 2.45) is 11.8 Å². The molecule has 8 heteroatoms. The number of aliphatic carboxylic acids is 1. The minimum Gasteiger partial charge on any atom is -0.480 e. The number of amides is 1. The first-order valence-corrected chi connectivity index (χ1v) is 8.94. The average molecular weight is 320 g/mol. The SMILES string of the molecule is CC(C)C[C@H](NC(=O)C1CCN(S(C)(=O)=O)CC1)C(=O)O. The van der Waals surface area contributed by atoms with Gasteiger partial charge < -0.3 is 10.4 Å². The van der Waals surface area contributed by atoms with Gasteiger partial charge in [-0.15, -0.1) is 0 Å². The normalized spacial score (nSPS) is 19.4. The lowest BCUT2D eigenvalue weighted by Crippen LogP contribution is -2.47. The number of carboxylic acids is 1. The molecule has 0 spiro atoms. The molecule has 0 aromatic heterocycles. The van der Waals surface area contributed by atoms with Gasteiger partial charge in [0.1, 0.15) is 6.04 Å². The van der Waals surface area contributed by atoms with Crippen molar-refractivity contribution in [3.05, 3.63) is 0 Å². The fourth-order valence-corrected chi connectivity index (χ4v) is 3.31. The summed E-state index contributed by atoms with van der Waals surface area (Å²) in [4.78, 5) is 23.2. The highest BCUT2D eigenvalue weighted by molar-refractivity contribution is 7.88. The van der Waals surface area contributed by atoms with Crippen LogP contribution in [-0.2, 0) is 19.6 Å². The van der Waals surface area contributed by atoms with E-state index in [0.29, 0.717) is 32.4 Å². The molecule has 1 rings (SSSR count). The van der Waals surface area contributed by atoms with E-state index < -0.39 is 22.0 Å². The van der Waals surface area contributed by atoms with E-state index in [-0.39, 0.29) is 17.7 Å². The van der Waals surface area contributed by atoms with E-state index in [1.54, 1.807) is 0 Å². The smallest absolute Gasteiger partial charge is 0.326 e. The Balaban J connectivity index is 2.55. The molecule has 0 unspecified atom stereocenters. The molecule has 0 aliphatic carbocycles. The van der Waals surface area contributed by atoms with Crippen molar-refractivity contribution in [3.63, 3.8) is 0 Å². The maximum Gasteiger partial charge on any atom is 0.326 e. The molecule has 1 fully saturated rings. The van der Waals surface area contributed by atoms with Crippen LogP contribution in [0.25, 0.3) is 0 Å². The van der Waals surface area contributed by atoms with Crippen molar-refractivity contribution in [1.29, 1.82) is 0 Å². The van der Waals surface area contributed by atoms with Crippen LogP contribution in [0.4, 0.5) is 0 Å². The van der Waals surface area contributed by atoms with Gasteiger partial charge in [-0.3, -0.25) is 4.79 Å². The molecule has 0 bridgehead atoms. The van der Waals surface area contributed by atoms with Crippen LogP contribution in [-0.4, -0.2) is 55.1 Å². The van der Waals surface area contributed by atoms with Crippen LogP contribution in [0.1, 0.15) is 33.1 Å². The Bertz CT molecular complexity index is 481. The monoisotopic (exact) mass is 320 g/mol. The fourth-order valence-electron chi connectivity index (χ4n) is 2.43. The van der Waals surface area contributed by atoms with Crippen molar-refractivity contribution >= 4 is 21.9 Å². The standard InChI is InChI=1S/C13H24N2O5S/c1-9(2)8-11(13(17)18)14-12(16)10-4-6-15(7-5-10)21(3,19)20/h9-11H,4-8H2,1-3H3,(H,14,16)(H,17,18)/t11-/m0/s1. The number of carbonyl (C=O) groups excluding carboxylic acids is 1. The van der Waals surface area contributed by atoms with Gasteiger partial charge in [-0.1, -0.05) is 13.8 Å².